The van der Waals surface area contributed by atoms with Gasteiger partial charge in [0.25, 0.3) is 0 Å². The second kappa shape index (κ2) is 17.1. The summed E-state index contributed by atoms with van der Waals surface area (Å²) in [5.74, 6) is -0.506. The second-order valence-corrected chi connectivity index (χ2v) is 10.2. The number of amides is 1. The Bertz CT molecular complexity index is 822. The predicted octanol–water partition coefficient (Wildman–Crippen LogP) is 5.79. The molecule has 0 bridgehead atoms. The Kier molecular flexibility index (Phi) is 14.1. The van der Waals surface area contributed by atoms with E-state index in [1.807, 2.05) is 36.4 Å². The first-order valence-corrected chi connectivity index (χ1v) is 13.8. The average Bonchev–Trinajstić information content (AvgIpc) is 3.22. The molecule has 3 N–H and O–H groups in total. The van der Waals surface area contributed by atoms with E-state index >= 15 is 0 Å². The number of Topliss-reactive ketones (excluding diaryl/α,β-unsaturated/α-hetero) is 1. The summed E-state index contributed by atoms with van der Waals surface area (Å²) in [6.45, 7) is 2.47. The van der Waals surface area contributed by atoms with Crippen LogP contribution in [-0.2, 0) is 14.4 Å². The molecule has 6 heteroatoms. The quantitative estimate of drug-likeness (QED) is 0.175. The summed E-state index contributed by atoms with van der Waals surface area (Å²) in [6.07, 6.45) is 14.1. The lowest BCUT2D eigenvalue weighted by atomic mass is 9.89. The lowest BCUT2D eigenvalue weighted by Gasteiger charge is -2.16. The number of rotatable bonds is 18. The number of nitrogens with one attached hydrogen (secondary N) is 1. The van der Waals surface area contributed by atoms with Crippen molar-refractivity contribution in [2.24, 2.45) is 11.8 Å². The molecule has 0 aromatic heterocycles. The van der Waals surface area contributed by atoms with Gasteiger partial charge in [-0.1, -0.05) is 87.9 Å². The Hall–Kier alpha value is -2.47. The molecule has 0 spiro atoms. The molecule has 4 atom stereocenters. The van der Waals surface area contributed by atoms with Crippen LogP contribution in [0.25, 0.3) is 0 Å². The third-order valence-corrected chi connectivity index (χ3v) is 7.24. The number of allylic oxidation sites excluding steroid dienone is 1. The van der Waals surface area contributed by atoms with Crippen molar-refractivity contribution in [2.45, 2.75) is 102 Å². The Morgan fingerprint density at radius 2 is 1.83 bits per heavy atom. The fourth-order valence-electron chi connectivity index (χ4n) is 5.08. The van der Waals surface area contributed by atoms with Crippen molar-refractivity contribution in [3.63, 3.8) is 0 Å². The number of aliphatic hydroxyl groups is 1. The maximum Gasteiger partial charge on any atom is 0.304 e. The molecule has 1 amide bonds. The smallest absolute Gasteiger partial charge is 0.304 e. The Labute approximate surface area is 216 Å². The molecule has 1 saturated carbocycles. The van der Waals surface area contributed by atoms with Crippen LogP contribution in [-0.4, -0.2) is 40.5 Å². The highest BCUT2D eigenvalue weighted by Gasteiger charge is 2.32. The third kappa shape index (κ3) is 11.5. The van der Waals surface area contributed by atoms with E-state index in [4.69, 9.17) is 0 Å². The summed E-state index contributed by atoms with van der Waals surface area (Å²) < 4.78 is 0. The highest BCUT2D eigenvalue weighted by Crippen LogP contribution is 2.34. The lowest BCUT2D eigenvalue weighted by Crippen LogP contribution is -2.29. The van der Waals surface area contributed by atoms with E-state index in [1.54, 1.807) is 0 Å². The van der Waals surface area contributed by atoms with Crippen LogP contribution in [0.1, 0.15) is 102 Å². The van der Waals surface area contributed by atoms with Crippen molar-refractivity contribution >= 4 is 17.7 Å². The molecule has 2 rings (SSSR count). The van der Waals surface area contributed by atoms with Gasteiger partial charge in [-0.25, -0.2) is 0 Å². The van der Waals surface area contributed by atoms with E-state index in [-0.39, 0.29) is 30.1 Å². The van der Waals surface area contributed by atoms with Crippen LogP contribution >= 0.6 is 0 Å². The van der Waals surface area contributed by atoms with Crippen molar-refractivity contribution in [1.29, 1.82) is 0 Å². The minimum atomic E-state index is -0.875. The van der Waals surface area contributed by atoms with Crippen LogP contribution in [0.4, 0.5) is 0 Å². The number of carbonyl (C=O) groups is 3. The summed E-state index contributed by atoms with van der Waals surface area (Å²) in [5, 5.41) is 22.2. The van der Waals surface area contributed by atoms with Gasteiger partial charge in [0.2, 0.25) is 5.91 Å². The van der Waals surface area contributed by atoms with Gasteiger partial charge in [-0.05, 0) is 37.2 Å². The number of aliphatic hydroxyl groups excluding tert-OH is 1. The first-order chi connectivity index (χ1) is 17.4. The number of hydrogen-bond donors (Lipinski definition) is 3. The summed E-state index contributed by atoms with van der Waals surface area (Å²) in [5.41, 5.74) is 0.917. The summed E-state index contributed by atoms with van der Waals surface area (Å²) in [4.78, 5) is 35.8. The zero-order valence-electron chi connectivity index (χ0n) is 21.9. The van der Waals surface area contributed by atoms with E-state index in [1.165, 1.54) is 0 Å². The van der Waals surface area contributed by atoms with Crippen LogP contribution in [0, 0.1) is 11.8 Å². The maximum absolute atomic E-state index is 12.4. The fraction of sp³-hybridized carbons (Fsp3) is 0.633. The van der Waals surface area contributed by atoms with Crippen molar-refractivity contribution in [2.75, 3.05) is 6.54 Å². The summed E-state index contributed by atoms with van der Waals surface area (Å²) in [6, 6.07) is 9.43. The molecule has 0 aliphatic heterocycles. The molecule has 1 aromatic carbocycles. The van der Waals surface area contributed by atoms with Gasteiger partial charge in [-0.3, -0.25) is 14.4 Å². The third-order valence-electron chi connectivity index (χ3n) is 7.24. The first-order valence-electron chi connectivity index (χ1n) is 13.8. The highest BCUT2D eigenvalue weighted by atomic mass is 16.4. The average molecular weight is 500 g/mol. The number of benzene rings is 1. The zero-order chi connectivity index (χ0) is 26.2. The van der Waals surface area contributed by atoms with Crippen molar-refractivity contribution < 1.29 is 24.6 Å². The Morgan fingerprint density at radius 3 is 2.56 bits per heavy atom. The van der Waals surface area contributed by atoms with Gasteiger partial charge >= 0.3 is 5.97 Å². The van der Waals surface area contributed by atoms with Crippen LogP contribution in [0.15, 0.2) is 42.5 Å². The van der Waals surface area contributed by atoms with Crippen LogP contribution in [0.2, 0.25) is 0 Å². The molecule has 0 radical (unpaired) electrons. The van der Waals surface area contributed by atoms with Crippen LogP contribution in [0.5, 0.6) is 0 Å². The van der Waals surface area contributed by atoms with E-state index < -0.39 is 12.1 Å². The molecular weight excluding hydrogens is 454 g/mol. The summed E-state index contributed by atoms with van der Waals surface area (Å²) >= 11 is 0. The molecule has 1 aliphatic carbocycles. The lowest BCUT2D eigenvalue weighted by molar-refractivity contribution is -0.137. The van der Waals surface area contributed by atoms with Gasteiger partial charge in [0.1, 0.15) is 5.78 Å². The number of carbonyl (C=O) groups excluding carboxylic acids is 2. The van der Waals surface area contributed by atoms with Crippen molar-refractivity contribution in [1.82, 2.24) is 5.32 Å². The first kappa shape index (κ1) is 29.8. The van der Waals surface area contributed by atoms with Gasteiger partial charge in [-0.15, -0.1) is 0 Å². The van der Waals surface area contributed by atoms with Crippen LogP contribution in [0.3, 0.4) is 0 Å². The standard InChI is InChI=1S/C30H45NO5/c1-2-3-7-14-26(32)19-17-24-18-20-28(33)27(24)15-10-4-5-11-16-29(34)31-22-25(21-30(35)36)23-12-8-6-9-13-23/h6,8-9,12-13,17,19,24-27,32H,2-5,7,10-11,14-16,18,20-22H2,1H3,(H,31,34)(H,35,36)/b19-17+/t24-,25-,26-,27+/m0/s1. The topological polar surface area (TPSA) is 104 Å². The van der Waals surface area contributed by atoms with Gasteiger partial charge in [0, 0.05) is 31.2 Å². The van der Waals surface area contributed by atoms with E-state index in [9.17, 15) is 24.6 Å². The number of carboxylic acids is 1. The number of ketones is 1. The van der Waals surface area contributed by atoms with E-state index in [2.05, 4.69) is 18.3 Å². The maximum atomic E-state index is 12.4. The van der Waals surface area contributed by atoms with E-state index in [0.717, 1.165) is 69.8 Å². The van der Waals surface area contributed by atoms with Crippen LogP contribution < -0.4 is 5.32 Å². The second-order valence-electron chi connectivity index (χ2n) is 10.2. The fourth-order valence-corrected chi connectivity index (χ4v) is 5.08. The molecule has 0 heterocycles. The van der Waals surface area contributed by atoms with Gasteiger partial charge in [0.05, 0.1) is 12.5 Å². The monoisotopic (exact) mass is 499 g/mol. The molecule has 36 heavy (non-hydrogen) atoms. The number of hydrogen-bond acceptors (Lipinski definition) is 4. The van der Waals surface area contributed by atoms with Gasteiger partial charge in [-0.2, -0.15) is 0 Å². The Balaban J connectivity index is 1.63. The molecule has 1 aliphatic rings. The molecular formula is C30H45NO5. The number of carboxylic acid groups (broad SMARTS) is 1. The number of aliphatic carboxylic acids is 1. The molecule has 0 saturated heterocycles. The zero-order valence-corrected chi connectivity index (χ0v) is 21.9. The Morgan fingerprint density at radius 1 is 1.08 bits per heavy atom. The largest absolute Gasteiger partial charge is 0.481 e. The minimum absolute atomic E-state index is 0.0157. The molecule has 1 fully saturated rings. The van der Waals surface area contributed by atoms with Gasteiger partial charge in [0.15, 0.2) is 0 Å². The molecule has 6 nitrogen and oxygen atoms in total. The van der Waals surface area contributed by atoms with Crippen molar-refractivity contribution in [3.05, 3.63) is 48.0 Å². The predicted molar refractivity (Wildman–Crippen MR) is 143 cm³/mol. The SMILES string of the molecule is CCCCC[C@H](O)/C=C/[C@H]1CCC(=O)[C@@H]1CCCCCCC(=O)NC[C@H](CC(=O)O)c1ccccc1. The highest BCUT2D eigenvalue weighted by molar-refractivity contribution is 5.83. The number of unbranched alkanes of at least 4 members (excludes halogenated alkanes) is 5. The normalized spacial score (nSPS) is 19.4. The van der Waals surface area contributed by atoms with Gasteiger partial charge < -0.3 is 15.5 Å². The van der Waals surface area contributed by atoms with E-state index in [0.29, 0.717) is 25.2 Å². The molecule has 200 valence electrons. The minimum Gasteiger partial charge on any atom is -0.481 e. The summed E-state index contributed by atoms with van der Waals surface area (Å²) in [7, 11) is 0. The molecule has 0 unspecified atom stereocenters. The van der Waals surface area contributed by atoms with Crippen molar-refractivity contribution in [3.8, 4) is 0 Å². The molecule has 1 aromatic rings.